The van der Waals surface area contributed by atoms with E-state index in [0.29, 0.717) is 42.6 Å². The van der Waals surface area contributed by atoms with E-state index in [1.165, 1.54) is 24.5 Å². The zero-order valence-electron chi connectivity index (χ0n) is 16.1. The Morgan fingerprint density at radius 2 is 1.97 bits per heavy atom. The number of unbranched alkanes of at least 4 members (excludes halogenated alkanes) is 1. The number of hydrogen-bond donors (Lipinski definition) is 1. The summed E-state index contributed by atoms with van der Waals surface area (Å²) in [5.41, 5.74) is 1.52. The van der Waals surface area contributed by atoms with Crippen LogP contribution in [-0.4, -0.2) is 35.1 Å². The van der Waals surface area contributed by atoms with Crippen molar-refractivity contribution in [3.63, 3.8) is 0 Å². The predicted octanol–water partition coefficient (Wildman–Crippen LogP) is 3.64. The van der Waals surface area contributed by atoms with E-state index < -0.39 is 21.9 Å². The van der Waals surface area contributed by atoms with Crippen LogP contribution in [-0.2, 0) is 19.6 Å². The molecule has 156 valence electrons. The fourth-order valence-electron chi connectivity index (χ4n) is 3.42. The molecule has 1 atom stereocenters. The maximum absolute atomic E-state index is 14.3. The van der Waals surface area contributed by atoms with Gasteiger partial charge in [-0.15, -0.1) is 0 Å². The number of fused-ring (bicyclic) bond motifs is 2. The van der Waals surface area contributed by atoms with Crippen molar-refractivity contribution in [3.8, 4) is 0 Å². The molecule has 1 aliphatic heterocycles. The van der Waals surface area contributed by atoms with E-state index in [0.717, 1.165) is 6.07 Å². The summed E-state index contributed by atoms with van der Waals surface area (Å²) in [4.78, 5) is 11.2. The number of nitrogens with one attached hydrogen (secondary N) is 1. The number of sulfonamides is 1. The molecule has 0 aromatic heterocycles. The van der Waals surface area contributed by atoms with Gasteiger partial charge in [-0.3, -0.25) is 9.10 Å². The van der Waals surface area contributed by atoms with E-state index >= 15 is 0 Å². The number of halogens is 2. The van der Waals surface area contributed by atoms with Crippen LogP contribution in [0.15, 0.2) is 41.3 Å². The lowest BCUT2D eigenvalue weighted by atomic mass is 9.96. The van der Waals surface area contributed by atoms with Gasteiger partial charge in [0.1, 0.15) is 5.82 Å². The summed E-state index contributed by atoms with van der Waals surface area (Å²) in [5.74, 6) is -0.959. The average Bonchev–Trinajstić information content (AvgIpc) is 2.77. The molecule has 6 nitrogen and oxygen atoms in total. The zero-order valence-corrected chi connectivity index (χ0v) is 17.7. The summed E-state index contributed by atoms with van der Waals surface area (Å²) in [6.07, 6.45) is 1.59. The molecule has 0 spiro atoms. The monoisotopic (exact) mass is 440 g/mol. The number of anilines is 1. The minimum Gasteiger partial charge on any atom is -0.469 e. The minimum atomic E-state index is -3.91. The molecule has 29 heavy (non-hydrogen) atoms. The second-order valence-electron chi connectivity index (χ2n) is 6.76. The summed E-state index contributed by atoms with van der Waals surface area (Å²) in [6, 6.07) is 8.88. The predicted molar refractivity (Wildman–Crippen MR) is 109 cm³/mol. The number of benzene rings is 2. The quantitative estimate of drug-likeness (QED) is 0.548. The third kappa shape index (κ3) is 4.24. The largest absolute Gasteiger partial charge is 0.469 e. The number of esters is 1. The molecule has 9 heteroatoms. The lowest BCUT2D eigenvalue weighted by Gasteiger charge is -2.22. The van der Waals surface area contributed by atoms with Crippen LogP contribution in [0.5, 0.6) is 0 Å². The van der Waals surface area contributed by atoms with Gasteiger partial charge in [0.05, 0.1) is 28.8 Å². The first-order chi connectivity index (χ1) is 13.8. The average molecular weight is 441 g/mol. The number of rotatable bonds is 6. The van der Waals surface area contributed by atoms with Gasteiger partial charge in [0, 0.05) is 13.5 Å². The first-order valence-electron chi connectivity index (χ1n) is 9.14. The van der Waals surface area contributed by atoms with Crippen LogP contribution < -0.4 is 9.62 Å². The molecule has 0 amide bonds. The number of carbonyl (C=O) groups excluding carboxylic acids is 1. The van der Waals surface area contributed by atoms with Crippen LogP contribution in [0.1, 0.15) is 36.4 Å². The number of nitrogens with zero attached hydrogens (tertiary/aromatic N) is 1. The number of hydrogen-bond acceptors (Lipinski definition) is 5. The van der Waals surface area contributed by atoms with Gasteiger partial charge >= 0.3 is 5.97 Å². The summed E-state index contributed by atoms with van der Waals surface area (Å²) >= 11 is 5.90. The first-order valence-corrected chi connectivity index (χ1v) is 11.0. The normalized spacial score (nSPS) is 17.2. The van der Waals surface area contributed by atoms with E-state index in [1.54, 1.807) is 12.1 Å². The molecule has 2 aromatic rings. The molecule has 0 fully saturated rings. The SMILES string of the molecule is COC(=O)CCCCNC1c2ccccc2N(C)S(=O)(=O)c2cc(Cl)c(F)cc21. The molecule has 1 unspecified atom stereocenters. The Balaban J connectivity index is 2.00. The molecule has 0 aliphatic carbocycles. The molecular formula is C20H22ClFN2O4S. The molecule has 0 saturated carbocycles. The number of carbonyl (C=O) groups is 1. The van der Waals surface area contributed by atoms with Crippen LogP contribution in [0.3, 0.4) is 0 Å². The van der Waals surface area contributed by atoms with Gasteiger partial charge in [-0.2, -0.15) is 0 Å². The lowest BCUT2D eigenvalue weighted by molar-refractivity contribution is -0.140. The third-order valence-electron chi connectivity index (χ3n) is 4.97. The van der Waals surface area contributed by atoms with Crippen molar-refractivity contribution in [2.24, 2.45) is 0 Å². The molecule has 1 aliphatic rings. The Hall–Kier alpha value is -2.16. The smallest absolute Gasteiger partial charge is 0.305 e. The highest BCUT2D eigenvalue weighted by Crippen LogP contribution is 2.41. The summed E-state index contributed by atoms with van der Waals surface area (Å²) in [7, 11) is -1.10. The van der Waals surface area contributed by atoms with Crippen molar-refractivity contribution in [1.29, 1.82) is 0 Å². The van der Waals surface area contributed by atoms with Crippen molar-refractivity contribution >= 4 is 33.3 Å². The Kier molecular flexibility index (Phi) is 6.45. The summed E-state index contributed by atoms with van der Waals surface area (Å²) in [5, 5.41) is 3.07. The standard InChI is InChI=1S/C20H22ClFN2O4S/c1-24-17-8-4-3-7-13(17)20(23-10-6-5-9-19(25)28-2)14-11-16(22)15(21)12-18(14)29(24,26)27/h3-4,7-8,11-12,20,23H,5-6,9-10H2,1-2H3. The Morgan fingerprint density at radius 1 is 1.24 bits per heavy atom. The van der Waals surface area contributed by atoms with Crippen LogP contribution in [0.4, 0.5) is 10.1 Å². The highest BCUT2D eigenvalue weighted by molar-refractivity contribution is 7.92. The third-order valence-corrected chi connectivity index (χ3v) is 7.09. The molecule has 0 bridgehead atoms. The van der Waals surface area contributed by atoms with Gasteiger partial charge in [-0.05, 0) is 48.7 Å². The fraction of sp³-hybridized carbons (Fsp3) is 0.350. The highest BCUT2D eigenvalue weighted by Gasteiger charge is 2.35. The van der Waals surface area contributed by atoms with E-state index in [2.05, 4.69) is 10.1 Å². The lowest BCUT2D eigenvalue weighted by Crippen LogP contribution is -2.26. The summed E-state index contributed by atoms with van der Waals surface area (Å²) in [6.45, 7) is 0.503. The molecule has 1 heterocycles. The molecule has 2 aromatic carbocycles. The molecular weight excluding hydrogens is 419 g/mol. The first kappa shape index (κ1) is 21.5. The van der Waals surface area contributed by atoms with E-state index in [4.69, 9.17) is 11.6 Å². The summed E-state index contributed by atoms with van der Waals surface area (Å²) < 4.78 is 46.4. The van der Waals surface area contributed by atoms with Crippen molar-refractivity contribution < 1.29 is 22.3 Å². The van der Waals surface area contributed by atoms with Crippen LogP contribution >= 0.6 is 11.6 Å². The highest BCUT2D eigenvalue weighted by atomic mass is 35.5. The maximum atomic E-state index is 14.3. The van der Waals surface area contributed by atoms with Gasteiger partial charge in [0.15, 0.2) is 0 Å². The Bertz CT molecular complexity index is 1030. The molecule has 0 radical (unpaired) electrons. The zero-order chi connectivity index (χ0) is 21.2. The van der Waals surface area contributed by atoms with E-state index in [1.807, 2.05) is 12.1 Å². The second-order valence-corrected chi connectivity index (χ2v) is 9.10. The van der Waals surface area contributed by atoms with Gasteiger partial charge in [0.2, 0.25) is 0 Å². The topological polar surface area (TPSA) is 75.7 Å². The van der Waals surface area contributed by atoms with Crippen molar-refractivity contribution in [3.05, 3.63) is 58.4 Å². The molecule has 3 rings (SSSR count). The van der Waals surface area contributed by atoms with Gasteiger partial charge in [-0.25, -0.2) is 12.8 Å². The van der Waals surface area contributed by atoms with E-state index in [9.17, 15) is 17.6 Å². The number of methoxy groups -OCH3 is 1. The minimum absolute atomic E-state index is 0.0327. The molecule has 1 N–H and O–H groups in total. The fourth-order valence-corrected chi connectivity index (χ4v) is 5.11. The van der Waals surface area contributed by atoms with E-state index in [-0.39, 0.29) is 15.9 Å². The number of ether oxygens (including phenoxy) is 1. The van der Waals surface area contributed by atoms with Crippen molar-refractivity contribution in [1.82, 2.24) is 5.32 Å². The van der Waals surface area contributed by atoms with Crippen molar-refractivity contribution in [2.45, 2.75) is 30.2 Å². The van der Waals surface area contributed by atoms with Crippen LogP contribution in [0, 0.1) is 5.82 Å². The maximum Gasteiger partial charge on any atom is 0.305 e. The second kappa shape index (κ2) is 8.69. The van der Waals surface area contributed by atoms with Crippen molar-refractivity contribution in [2.75, 3.05) is 25.0 Å². The van der Waals surface area contributed by atoms with Crippen LogP contribution in [0.25, 0.3) is 0 Å². The van der Waals surface area contributed by atoms with Gasteiger partial charge in [-0.1, -0.05) is 29.8 Å². The Morgan fingerprint density at radius 3 is 2.69 bits per heavy atom. The van der Waals surface area contributed by atoms with Crippen LogP contribution in [0.2, 0.25) is 5.02 Å². The van der Waals surface area contributed by atoms with Gasteiger partial charge < -0.3 is 10.1 Å². The Labute approximate surface area is 174 Å². The molecule has 0 saturated heterocycles. The van der Waals surface area contributed by atoms with Gasteiger partial charge in [0.25, 0.3) is 10.0 Å². The number of para-hydroxylation sites is 1.